The van der Waals surface area contributed by atoms with Crippen LogP contribution in [0.2, 0.25) is 0 Å². The normalized spacial score (nSPS) is 15.1. The maximum atomic E-state index is 5.91. The Morgan fingerprint density at radius 3 is 0.831 bits per heavy atom. The highest BCUT2D eigenvalue weighted by molar-refractivity contribution is 8.77. The van der Waals surface area contributed by atoms with E-state index < -0.39 is 17.9 Å². The molecule has 14 heteroatoms. The van der Waals surface area contributed by atoms with Gasteiger partial charge in [0.2, 0.25) is 0 Å². The van der Waals surface area contributed by atoms with Gasteiger partial charge in [-0.1, -0.05) is 210 Å². The monoisotopic (exact) mass is 1270 g/mol. The molecule has 1 rings (SSSR count). The van der Waals surface area contributed by atoms with Gasteiger partial charge in [0.05, 0.1) is 0 Å². The molecule has 1 aliphatic rings. The van der Waals surface area contributed by atoms with Crippen molar-refractivity contribution in [2.75, 3.05) is 94.0 Å². The quantitative estimate of drug-likeness (QED) is 0.0329. The molecular weight excluding hydrogens is 1130 g/mol. The molecule has 0 saturated heterocycles. The SMILES string of the molecule is CCOC(CCCCCCCCCCCCSCCC1CCCCC1(CCSSCCCCCCCCCCCCC(OCC)(OCC)OCC)CCSSCCCCCCCCCCCCC(OCC)(OCC)OCC)(OCC)OCC. The van der Waals surface area contributed by atoms with Crippen LogP contribution in [0.25, 0.3) is 0 Å². The Morgan fingerprint density at radius 1 is 0.289 bits per heavy atom. The van der Waals surface area contributed by atoms with Gasteiger partial charge in [0, 0.05) is 102 Å². The predicted octanol–water partition coefficient (Wildman–Crippen LogP) is 23.0. The molecule has 0 N–H and O–H groups in total. The van der Waals surface area contributed by atoms with Gasteiger partial charge in [-0.25, -0.2) is 0 Å². The Kier molecular flexibility index (Phi) is 59.3. The highest BCUT2D eigenvalue weighted by Crippen LogP contribution is 2.51. The third-order valence-electron chi connectivity index (χ3n) is 16.7. The molecule has 1 atom stereocenters. The van der Waals surface area contributed by atoms with Gasteiger partial charge in [-0.3, -0.25) is 0 Å². The molecule has 1 unspecified atom stereocenters. The standard InChI is InChI=1S/C69H138O9S5/c1-10-70-67(71-11-2,72-12-3)54-44-37-31-25-19-22-28-34-40-48-59-79-62-52-65-51-43-47-53-66(65,57-63-82-80-60-49-41-35-29-23-20-26-32-38-45-55-68(73-13-4,74-14-5)75-15-6)58-64-83-81-61-50-42-36-30-24-21-27-33-39-46-56-69(76-16-7,77-17-8)78-18-9/h65H,10-64H2,1-9H3. The van der Waals surface area contributed by atoms with Crippen LogP contribution in [0.5, 0.6) is 0 Å². The third kappa shape index (κ3) is 43.7. The lowest BCUT2D eigenvalue weighted by Gasteiger charge is -2.45. The molecule has 0 aromatic heterocycles. The molecular formula is C69H138O9S5. The van der Waals surface area contributed by atoms with E-state index in [0.29, 0.717) is 64.9 Å². The van der Waals surface area contributed by atoms with Gasteiger partial charge >= 0.3 is 0 Å². The molecule has 1 fully saturated rings. The highest BCUT2D eigenvalue weighted by Gasteiger charge is 2.40. The van der Waals surface area contributed by atoms with Crippen LogP contribution in [0.4, 0.5) is 0 Å². The maximum absolute atomic E-state index is 5.91. The Labute approximate surface area is 536 Å². The third-order valence-corrected chi connectivity index (χ3v) is 22.8. The molecule has 0 aliphatic heterocycles. The maximum Gasteiger partial charge on any atom is 0.282 e. The van der Waals surface area contributed by atoms with Crippen LogP contribution in [0, 0.1) is 11.3 Å². The molecule has 0 amide bonds. The molecule has 0 aromatic carbocycles. The van der Waals surface area contributed by atoms with Crippen LogP contribution in [-0.4, -0.2) is 112 Å². The molecule has 0 bridgehead atoms. The van der Waals surface area contributed by atoms with Crippen LogP contribution in [0.1, 0.15) is 319 Å². The number of thioether (sulfide) groups is 1. The lowest BCUT2D eigenvalue weighted by molar-refractivity contribution is -0.380. The van der Waals surface area contributed by atoms with Crippen molar-refractivity contribution in [3.63, 3.8) is 0 Å². The average Bonchev–Trinajstić information content (AvgIpc) is 3.67. The minimum Gasteiger partial charge on any atom is -0.328 e. The molecule has 1 saturated carbocycles. The second-order valence-electron chi connectivity index (χ2n) is 23.3. The summed E-state index contributed by atoms with van der Waals surface area (Å²) in [6, 6.07) is 0. The molecule has 0 spiro atoms. The Morgan fingerprint density at radius 2 is 0.542 bits per heavy atom. The predicted molar refractivity (Wildman–Crippen MR) is 371 cm³/mol. The number of hydrogen-bond donors (Lipinski definition) is 0. The smallest absolute Gasteiger partial charge is 0.282 e. The summed E-state index contributed by atoms with van der Waals surface area (Å²) in [5, 5.41) is 0. The number of unbranched alkanes of at least 4 members (excludes halogenated alkanes) is 27. The van der Waals surface area contributed by atoms with E-state index in [9.17, 15) is 0 Å². The van der Waals surface area contributed by atoms with Crippen molar-refractivity contribution in [2.45, 2.75) is 337 Å². The molecule has 9 nitrogen and oxygen atoms in total. The fraction of sp³-hybridized carbons (Fsp3) is 1.00. The Bertz CT molecular complexity index is 1210. The van der Waals surface area contributed by atoms with Crippen LogP contribution < -0.4 is 0 Å². The summed E-state index contributed by atoms with van der Waals surface area (Å²) < 4.78 is 53.2. The summed E-state index contributed by atoms with van der Waals surface area (Å²) in [4.78, 5) is 0. The average molecular weight is 1270 g/mol. The van der Waals surface area contributed by atoms with Gasteiger partial charge in [-0.15, -0.1) is 0 Å². The van der Waals surface area contributed by atoms with Gasteiger partial charge < -0.3 is 42.6 Å². The molecule has 0 heterocycles. The van der Waals surface area contributed by atoms with Gasteiger partial charge in [0.15, 0.2) is 0 Å². The summed E-state index contributed by atoms with van der Waals surface area (Å²) >= 11 is 2.28. The summed E-state index contributed by atoms with van der Waals surface area (Å²) in [5.41, 5.74) is 0.558. The number of ether oxygens (including phenoxy) is 9. The summed E-state index contributed by atoms with van der Waals surface area (Å²) in [6.45, 7) is 23.7. The van der Waals surface area contributed by atoms with Crippen LogP contribution in [0.3, 0.4) is 0 Å². The van der Waals surface area contributed by atoms with E-state index in [-0.39, 0.29) is 0 Å². The van der Waals surface area contributed by atoms with Crippen LogP contribution >= 0.6 is 54.9 Å². The topological polar surface area (TPSA) is 83.1 Å². The second kappa shape index (κ2) is 59.7. The summed E-state index contributed by atoms with van der Waals surface area (Å²) in [5.74, 6) is 6.44. The summed E-state index contributed by atoms with van der Waals surface area (Å²) in [7, 11) is 8.79. The minimum absolute atomic E-state index is 0.558. The second-order valence-corrected chi connectivity index (χ2v) is 29.9. The van der Waals surface area contributed by atoms with E-state index in [4.69, 9.17) is 42.6 Å². The van der Waals surface area contributed by atoms with Gasteiger partial charge in [0.25, 0.3) is 17.9 Å². The Hall–Kier alpha value is 1.39. The first kappa shape index (κ1) is 82.4. The first-order valence-electron chi connectivity index (χ1n) is 35.6. The van der Waals surface area contributed by atoms with E-state index in [1.165, 1.54) is 253 Å². The highest BCUT2D eigenvalue weighted by atomic mass is 33.1. The van der Waals surface area contributed by atoms with Crippen LogP contribution in [-0.2, 0) is 42.6 Å². The summed E-state index contributed by atoms with van der Waals surface area (Å²) in [6.07, 6.45) is 52.6. The first-order valence-corrected chi connectivity index (χ1v) is 41.7. The minimum atomic E-state index is -0.843. The fourth-order valence-corrected chi connectivity index (χ4v) is 18.2. The van der Waals surface area contributed by atoms with Gasteiger partial charge in [-0.05, 0) is 156 Å². The zero-order valence-corrected chi connectivity index (χ0v) is 60.3. The van der Waals surface area contributed by atoms with Crippen molar-refractivity contribution < 1.29 is 42.6 Å². The van der Waals surface area contributed by atoms with Gasteiger partial charge in [0.1, 0.15) is 0 Å². The zero-order chi connectivity index (χ0) is 60.4. The van der Waals surface area contributed by atoms with Crippen molar-refractivity contribution in [2.24, 2.45) is 11.3 Å². The number of hydrogen-bond acceptors (Lipinski definition) is 14. The zero-order valence-electron chi connectivity index (χ0n) is 56.2. The molecule has 1 aliphatic carbocycles. The lowest BCUT2D eigenvalue weighted by atomic mass is 9.62. The van der Waals surface area contributed by atoms with E-state index in [1.54, 1.807) is 0 Å². The van der Waals surface area contributed by atoms with Crippen molar-refractivity contribution in [3.8, 4) is 0 Å². The van der Waals surface area contributed by atoms with Crippen LogP contribution in [0.15, 0.2) is 0 Å². The Balaban J connectivity index is 2.42. The lowest BCUT2D eigenvalue weighted by Crippen LogP contribution is -2.39. The fourth-order valence-electron chi connectivity index (χ4n) is 12.5. The molecule has 498 valence electrons. The molecule has 83 heavy (non-hydrogen) atoms. The first-order chi connectivity index (χ1) is 40.8. The van der Waals surface area contributed by atoms with Crippen molar-refractivity contribution >= 4 is 54.9 Å². The largest absolute Gasteiger partial charge is 0.328 e. The van der Waals surface area contributed by atoms with Gasteiger partial charge in [-0.2, -0.15) is 11.8 Å². The molecule has 0 aromatic rings. The molecule has 0 radical (unpaired) electrons. The van der Waals surface area contributed by atoms with E-state index >= 15 is 0 Å². The van der Waals surface area contributed by atoms with Crippen molar-refractivity contribution in [1.82, 2.24) is 0 Å². The number of rotatable bonds is 68. The van der Waals surface area contributed by atoms with Crippen molar-refractivity contribution in [3.05, 3.63) is 0 Å². The van der Waals surface area contributed by atoms with Crippen molar-refractivity contribution in [1.29, 1.82) is 0 Å². The van der Waals surface area contributed by atoms with E-state index in [1.807, 2.05) is 62.3 Å². The van der Waals surface area contributed by atoms with E-state index in [2.05, 4.69) is 54.9 Å². The van der Waals surface area contributed by atoms with E-state index in [0.717, 1.165) is 44.4 Å².